The summed E-state index contributed by atoms with van der Waals surface area (Å²) in [6.07, 6.45) is 4.50. The highest BCUT2D eigenvalue weighted by Crippen LogP contribution is 2.38. The van der Waals surface area contributed by atoms with Gasteiger partial charge in [0.05, 0.1) is 65.2 Å². The number of aromatic nitrogens is 1. The number of hydrogen-bond donors (Lipinski definition) is 3. The zero-order valence-electron chi connectivity index (χ0n) is 39.8. The minimum atomic E-state index is -0.992. The average Bonchev–Trinajstić information content (AvgIpc) is 4.03. The number of hydrogen-bond acceptors (Lipinski definition) is 12. The van der Waals surface area contributed by atoms with Crippen molar-refractivity contribution < 1.29 is 43.4 Å². The van der Waals surface area contributed by atoms with Crippen LogP contribution in [0, 0.1) is 22.5 Å². The van der Waals surface area contributed by atoms with Crippen molar-refractivity contribution in [3.63, 3.8) is 0 Å². The van der Waals surface area contributed by atoms with Gasteiger partial charge in [0.2, 0.25) is 17.7 Å². The molecule has 0 aliphatic carbocycles. The lowest BCUT2D eigenvalue weighted by molar-refractivity contribution is -0.384. The number of nitrogens with zero attached hydrogens (tertiary/aromatic N) is 4. The number of benzene rings is 4. The number of aliphatic hydroxyl groups is 1. The Morgan fingerprint density at radius 3 is 2.33 bits per heavy atom. The highest BCUT2D eigenvalue weighted by Gasteiger charge is 2.45. The van der Waals surface area contributed by atoms with Gasteiger partial charge < -0.3 is 39.8 Å². The van der Waals surface area contributed by atoms with Crippen LogP contribution in [0.25, 0.3) is 22.1 Å². The second-order valence-corrected chi connectivity index (χ2v) is 19.1. The van der Waals surface area contributed by atoms with Crippen LogP contribution in [0.1, 0.15) is 68.1 Å². The number of amides is 4. The maximum atomic E-state index is 14.0. The number of allylic oxidation sites excluding steroid dienone is 2. The van der Waals surface area contributed by atoms with Gasteiger partial charge in [-0.1, -0.05) is 87.5 Å². The number of β-amino-alcohol motifs (C(OH)–C–C–N with tert-alkyl or cyclic N) is 1. The maximum Gasteiger partial charge on any atom is 0.269 e. The zero-order chi connectivity index (χ0) is 50.0. The van der Waals surface area contributed by atoms with Gasteiger partial charge in [-0.05, 0) is 77.9 Å². The highest BCUT2D eigenvalue weighted by molar-refractivity contribution is 7.13. The number of non-ortho nitro benzene ring substituents is 1. The molecule has 3 N–H and O–H groups in total. The number of likely N-dealkylation sites (tertiary alicyclic amines) is 1. The third kappa shape index (κ3) is 12.8. The number of rotatable bonds is 20. The molecule has 4 aromatic carbocycles. The van der Waals surface area contributed by atoms with E-state index in [1.54, 1.807) is 46.6 Å². The van der Waals surface area contributed by atoms with Crippen LogP contribution in [0.15, 0.2) is 115 Å². The predicted octanol–water partition coefficient (Wildman–Crippen LogP) is 7.45. The summed E-state index contributed by atoms with van der Waals surface area (Å²) in [5.74, 6) is -0.861. The number of aryl methyl sites for hydroxylation is 1. The van der Waals surface area contributed by atoms with E-state index in [9.17, 15) is 34.4 Å². The van der Waals surface area contributed by atoms with Crippen molar-refractivity contribution >= 4 is 58.0 Å². The topological polar surface area (TPSA) is 203 Å². The van der Waals surface area contributed by atoms with Crippen molar-refractivity contribution in [2.45, 2.75) is 71.8 Å². The number of nitro groups is 1. The zero-order valence-corrected chi connectivity index (χ0v) is 40.6. The molecule has 3 heterocycles. The molecular weight excluding hydrogens is 913 g/mol. The van der Waals surface area contributed by atoms with Gasteiger partial charge in [0.1, 0.15) is 31.0 Å². The molecule has 16 nitrogen and oxygen atoms in total. The molecule has 17 heteroatoms. The van der Waals surface area contributed by atoms with Crippen LogP contribution in [0.3, 0.4) is 0 Å². The first-order chi connectivity index (χ1) is 33.6. The minimum absolute atomic E-state index is 0.0108. The second kappa shape index (κ2) is 23.0. The quantitative estimate of drug-likeness (QED) is 0.0303. The maximum absolute atomic E-state index is 14.0. The van der Waals surface area contributed by atoms with Gasteiger partial charge in [0.25, 0.3) is 11.6 Å². The van der Waals surface area contributed by atoms with E-state index < -0.39 is 40.3 Å². The van der Waals surface area contributed by atoms with Gasteiger partial charge in [-0.2, -0.15) is 0 Å². The van der Waals surface area contributed by atoms with E-state index >= 15 is 0 Å². The Morgan fingerprint density at radius 1 is 0.943 bits per heavy atom. The summed E-state index contributed by atoms with van der Waals surface area (Å²) in [4.78, 5) is 73.4. The standard InChI is InChI=1S/C53H58N6O10S/c1-34(38-17-19-39(20-18-38)48-35(2)54-33-70-48)55-50(62)46-29-41(60)31-58(46)52(64)49(53(3,4)5)56-47(61)32-68-26-25-67-27-28-69-42-23-15-37(16-24-42)30-57-45-12-7-6-10-43(45)44(51(57)63)11-8-9-36-13-21-40(22-14-36)59(65)66/h6-24,33-34,41,46,49,60H,25-32H2,1-5H3,(H,55,62)(H,56,61). The molecular formula is C53H58N6O10S. The van der Waals surface area contributed by atoms with Gasteiger partial charge >= 0.3 is 0 Å². The molecule has 7 rings (SSSR count). The van der Waals surface area contributed by atoms with Gasteiger partial charge in [-0.15, -0.1) is 11.3 Å². The van der Waals surface area contributed by atoms with Crippen molar-refractivity contribution in [3.05, 3.63) is 153 Å². The number of para-hydroxylation sites is 1. The summed E-state index contributed by atoms with van der Waals surface area (Å²) in [6.45, 7) is 10.1. The summed E-state index contributed by atoms with van der Waals surface area (Å²) in [7, 11) is 0. The smallest absolute Gasteiger partial charge is 0.269 e. The van der Waals surface area contributed by atoms with Crippen molar-refractivity contribution in [1.29, 1.82) is 0 Å². The van der Waals surface area contributed by atoms with Crippen molar-refractivity contribution in [3.8, 4) is 16.2 Å². The van der Waals surface area contributed by atoms with E-state index in [1.165, 1.54) is 17.0 Å². The van der Waals surface area contributed by atoms with E-state index in [2.05, 4.69) is 15.6 Å². The molecule has 4 amide bonds. The van der Waals surface area contributed by atoms with Gasteiger partial charge in [-0.3, -0.25) is 29.3 Å². The Balaban J connectivity index is 0.813. The predicted molar refractivity (Wildman–Crippen MR) is 268 cm³/mol. The average molecular weight is 971 g/mol. The summed E-state index contributed by atoms with van der Waals surface area (Å²) in [5.41, 5.74) is 7.82. The van der Waals surface area contributed by atoms with E-state index in [1.807, 2.05) is 113 Å². The first-order valence-electron chi connectivity index (χ1n) is 23.1. The molecule has 2 aliphatic heterocycles. The molecule has 70 heavy (non-hydrogen) atoms. The van der Waals surface area contributed by atoms with Gasteiger partial charge in [0, 0.05) is 36.2 Å². The largest absolute Gasteiger partial charge is 0.491 e. The molecule has 0 saturated carbocycles. The van der Waals surface area contributed by atoms with Crippen molar-refractivity contribution in [2.75, 3.05) is 44.5 Å². The summed E-state index contributed by atoms with van der Waals surface area (Å²) < 4.78 is 17.1. The van der Waals surface area contributed by atoms with Crippen molar-refractivity contribution in [1.82, 2.24) is 20.5 Å². The lowest BCUT2D eigenvalue weighted by Crippen LogP contribution is -2.58. The van der Waals surface area contributed by atoms with E-state index in [4.69, 9.17) is 14.2 Å². The SMILES string of the molecule is Cc1ncsc1-c1ccc(C(C)NC(=O)C2CC(O)CN2C(=O)C(NC(=O)COCCOCCOc2ccc(CN3C(=O)C(=CC=Cc4ccc([N+](=O)[O-])cc4)c4ccccc43)cc2)C(C)(C)C)cc1. The fraction of sp³-hybridized carbons (Fsp3) is 0.340. The minimum Gasteiger partial charge on any atom is -0.491 e. The summed E-state index contributed by atoms with van der Waals surface area (Å²) >= 11 is 1.57. The van der Waals surface area contributed by atoms with Crippen LogP contribution >= 0.6 is 11.3 Å². The third-order valence-electron chi connectivity index (χ3n) is 12.0. The van der Waals surface area contributed by atoms with Crippen LogP contribution < -0.4 is 20.3 Å². The summed E-state index contributed by atoms with van der Waals surface area (Å²) in [5, 5.41) is 27.4. The monoisotopic (exact) mass is 970 g/mol. The Labute approximate surface area is 411 Å². The van der Waals surface area contributed by atoms with Crippen LogP contribution in [0.5, 0.6) is 5.75 Å². The molecule has 1 fully saturated rings. The van der Waals surface area contributed by atoms with Crippen LogP contribution in [0.2, 0.25) is 0 Å². The number of thiazole rings is 1. The number of ether oxygens (including phenoxy) is 3. The molecule has 1 aromatic heterocycles. The molecule has 2 aliphatic rings. The fourth-order valence-electron chi connectivity index (χ4n) is 8.28. The molecule has 5 aromatic rings. The number of anilines is 1. The van der Waals surface area contributed by atoms with Crippen molar-refractivity contribution in [2.24, 2.45) is 5.41 Å². The fourth-order valence-corrected chi connectivity index (χ4v) is 9.09. The number of aliphatic hydroxyl groups excluding tert-OH is 1. The second-order valence-electron chi connectivity index (χ2n) is 18.2. The van der Waals surface area contributed by atoms with Crippen LogP contribution in [-0.4, -0.2) is 101 Å². The van der Waals surface area contributed by atoms with Gasteiger partial charge in [-0.25, -0.2) is 4.98 Å². The number of nitro benzene ring substituents is 1. The number of carbonyl (C=O) groups is 4. The Morgan fingerprint density at radius 2 is 1.64 bits per heavy atom. The summed E-state index contributed by atoms with van der Waals surface area (Å²) in [6, 6.07) is 26.9. The molecule has 1 saturated heterocycles. The number of nitrogens with one attached hydrogen (secondary N) is 2. The number of fused-ring (bicyclic) bond motifs is 1. The van der Waals surface area contributed by atoms with Gasteiger partial charge in [0.15, 0.2) is 0 Å². The van der Waals surface area contributed by atoms with Crippen LogP contribution in [0.4, 0.5) is 11.4 Å². The third-order valence-corrected chi connectivity index (χ3v) is 13.0. The highest BCUT2D eigenvalue weighted by atomic mass is 32.1. The first kappa shape index (κ1) is 50.8. The Hall–Kier alpha value is -7.05. The molecule has 0 spiro atoms. The normalized spacial score (nSPS) is 17.2. The molecule has 4 unspecified atom stereocenters. The Kier molecular flexibility index (Phi) is 16.7. The lowest BCUT2D eigenvalue weighted by atomic mass is 9.85. The van der Waals surface area contributed by atoms with Crippen LogP contribution in [-0.2, 0) is 35.2 Å². The molecule has 0 radical (unpaired) electrons. The van der Waals surface area contributed by atoms with E-state index in [0.717, 1.165) is 44.1 Å². The molecule has 366 valence electrons. The van der Waals surface area contributed by atoms with E-state index in [0.29, 0.717) is 17.9 Å². The first-order valence-corrected chi connectivity index (χ1v) is 24.0. The molecule has 4 atom stereocenters. The number of carbonyl (C=O) groups excluding carboxylic acids is 4. The van der Waals surface area contributed by atoms with E-state index in [-0.39, 0.29) is 69.5 Å². The Bertz CT molecular complexity index is 2710. The molecule has 0 bridgehead atoms. The lowest BCUT2D eigenvalue weighted by Gasteiger charge is -2.35.